The van der Waals surface area contributed by atoms with Gasteiger partial charge in [0.2, 0.25) is 5.91 Å². The summed E-state index contributed by atoms with van der Waals surface area (Å²) >= 11 is 0. The Morgan fingerprint density at radius 2 is 1.88 bits per heavy atom. The smallest absolute Gasteiger partial charge is 0.532 e. The molecule has 1 saturated heterocycles. The number of amides is 1. The molecule has 0 spiro atoms. The van der Waals surface area contributed by atoms with E-state index in [0.717, 1.165) is 24.1 Å². The molecule has 4 aromatic rings. The van der Waals surface area contributed by atoms with Gasteiger partial charge in [-0.3, -0.25) is 33.5 Å². The maximum atomic E-state index is 14.2. The van der Waals surface area contributed by atoms with Gasteiger partial charge in [-0.05, 0) is 30.4 Å². The van der Waals surface area contributed by atoms with Gasteiger partial charge in [0, 0.05) is 63.2 Å². The van der Waals surface area contributed by atoms with Gasteiger partial charge < -0.3 is 40.6 Å². The molecule has 1 unspecified atom stereocenters. The van der Waals surface area contributed by atoms with Gasteiger partial charge in [-0.15, -0.1) is 24.9 Å². The summed E-state index contributed by atoms with van der Waals surface area (Å²) in [6, 6.07) is 11.3. The Kier molecular flexibility index (Phi) is 18.4. The van der Waals surface area contributed by atoms with E-state index < -0.39 is 12.3 Å². The van der Waals surface area contributed by atoms with Crippen LogP contribution < -0.4 is 39.4 Å². The van der Waals surface area contributed by atoms with Gasteiger partial charge in [-0.1, -0.05) is 45.1 Å². The van der Waals surface area contributed by atoms with Gasteiger partial charge >= 0.3 is 35.5 Å². The number of carbonyl (C=O) groups is 2. The van der Waals surface area contributed by atoms with Gasteiger partial charge in [0.1, 0.15) is 11.7 Å². The first kappa shape index (κ1) is 47.3. The molecule has 304 valence electrons. The number of alkyl halides is 2. The minimum Gasteiger partial charge on any atom is -0.532 e. The third-order valence-corrected chi connectivity index (χ3v) is 9.74. The van der Waals surface area contributed by atoms with Gasteiger partial charge in [-0.2, -0.15) is 10.7 Å². The Balaban J connectivity index is 0.000000368. The Bertz CT molecular complexity index is 1910. The van der Waals surface area contributed by atoms with Crippen LogP contribution in [0, 0.1) is 32.5 Å². The first-order valence-corrected chi connectivity index (χ1v) is 18.8. The second kappa shape index (κ2) is 22.2. The molecule has 6 rings (SSSR count). The predicted molar refractivity (Wildman–Crippen MR) is 211 cm³/mol. The summed E-state index contributed by atoms with van der Waals surface area (Å²) in [5, 5.41) is 8.83. The number of nitrogens with zero attached hydrogens (tertiary/aromatic N) is 7. The van der Waals surface area contributed by atoms with Gasteiger partial charge in [0.05, 0.1) is 19.7 Å². The number of hydrogen-bond acceptors (Lipinski definition) is 10. The summed E-state index contributed by atoms with van der Waals surface area (Å²) in [6.45, 7) is 22.2. The molecule has 12 nitrogen and oxygen atoms in total. The van der Waals surface area contributed by atoms with Crippen molar-refractivity contribution < 1.29 is 61.9 Å². The molecule has 0 bridgehead atoms. The van der Waals surface area contributed by atoms with E-state index in [4.69, 9.17) is 25.7 Å². The Labute approximate surface area is 357 Å². The number of methoxy groups -OCH3 is 1. The average Bonchev–Trinajstić information content (AvgIpc) is 3.86. The first-order chi connectivity index (χ1) is 26.9. The van der Waals surface area contributed by atoms with Crippen molar-refractivity contribution in [3.05, 3.63) is 103 Å². The van der Waals surface area contributed by atoms with Crippen LogP contribution in [0.1, 0.15) is 99.6 Å². The SMILES string of the molecule is CC.[CH-]=C(c1[c-]ccnc1)c1ccc(N(C)c2nn(C3CCOCC3)c3c2CN(C(C)=O)CC3)cc1C(F)F.[CH2-]CN([CH2-])c1cc(C(C(=O)OC)C(C)C)on1.[Na+]. The van der Waals surface area contributed by atoms with E-state index in [1.165, 1.54) is 19.4 Å². The Hall–Kier alpha value is -4.11. The third kappa shape index (κ3) is 11.3. The second-order valence-electron chi connectivity index (χ2n) is 13.5. The molecule has 0 saturated carbocycles. The summed E-state index contributed by atoms with van der Waals surface area (Å²) < 4.78 is 46.0. The molecule has 15 heteroatoms. The van der Waals surface area contributed by atoms with Crippen LogP contribution in [0.5, 0.6) is 0 Å². The number of esters is 1. The van der Waals surface area contributed by atoms with Crippen molar-refractivity contribution in [3.8, 4) is 0 Å². The number of benzene rings is 1. The zero-order chi connectivity index (χ0) is 41.1. The molecule has 1 fully saturated rings. The Morgan fingerprint density at radius 1 is 1.18 bits per heavy atom. The van der Waals surface area contributed by atoms with Crippen molar-refractivity contribution >= 4 is 34.8 Å². The fourth-order valence-corrected chi connectivity index (χ4v) is 6.66. The van der Waals surface area contributed by atoms with Crippen LogP contribution in [0.4, 0.5) is 26.1 Å². The number of fused-ring (bicyclic) bond motifs is 1. The number of hydrogen-bond donors (Lipinski definition) is 0. The van der Waals surface area contributed by atoms with Crippen LogP contribution in [0.25, 0.3) is 5.57 Å². The zero-order valence-electron chi connectivity index (χ0n) is 34.4. The largest absolute Gasteiger partial charge is 1.00 e. The van der Waals surface area contributed by atoms with Crippen LogP contribution in [-0.4, -0.2) is 77.2 Å². The van der Waals surface area contributed by atoms with Crippen molar-refractivity contribution in [1.82, 2.24) is 24.8 Å². The van der Waals surface area contributed by atoms with E-state index in [0.29, 0.717) is 67.9 Å². The van der Waals surface area contributed by atoms with Crippen molar-refractivity contribution in [1.29, 1.82) is 0 Å². The van der Waals surface area contributed by atoms with Crippen molar-refractivity contribution in [2.75, 3.05) is 50.3 Å². The van der Waals surface area contributed by atoms with E-state index in [1.54, 1.807) is 47.2 Å². The fourth-order valence-electron chi connectivity index (χ4n) is 6.66. The minimum atomic E-state index is -2.74. The van der Waals surface area contributed by atoms with Crippen molar-refractivity contribution in [3.63, 3.8) is 0 Å². The van der Waals surface area contributed by atoms with Crippen molar-refractivity contribution in [2.45, 2.75) is 78.8 Å². The second-order valence-corrected chi connectivity index (χ2v) is 13.5. The molecular formula is C42H53F2N7NaO5-3. The van der Waals surface area contributed by atoms with Crippen LogP contribution in [-0.2, 0) is 32.0 Å². The van der Waals surface area contributed by atoms with Crippen LogP contribution in [0.15, 0.2) is 47.2 Å². The molecule has 1 aromatic carbocycles. The van der Waals surface area contributed by atoms with E-state index in [-0.39, 0.29) is 70.1 Å². The zero-order valence-corrected chi connectivity index (χ0v) is 36.4. The van der Waals surface area contributed by atoms with Crippen molar-refractivity contribution in [2.24, 2.45) is 5.92 Å². The summed E-state index contributed by atoms with van der Waals surface area (Å²) in [7, 11) is 6.92. The number of aromatic nitrogens is 4. The van der Waals surface area contributed by atoms with Gasteiger partial charge in [-0.25, -0.2) is 20.4 Å². The predicted octanol–water partition coefficient (Wildman–Crippen LogP) is 4.95. The quantitative estimate of drug-likeness (QED) is 0.117. The molecule has 0 radical (unpaired) electrons. The van der Waals surface area contributed by atoms with E-state index in [9.17, 15) is 18.4 Å². The molecule has 2 aliphatic heterocycles. The molecule has 1 atom stereocenters. The number of carbonyl (C=O) groups excluding carboxylic acids is 2. The molecule has 1 amide bonds. The molecular weight excluding hydrogens is 743 g/mol. The number of pyridine rings is 1. The summed E-state index contributed by atoms with van der Waals surface area (Å²) in [6.07, 6.45) is 2.73. The average molecular weight is 797 g/mol. The molecule has 0 N–H and O–H groups in total. The van der Waals surface area contributed by atoms with Crippen LogP contribution in [0.2, 0.25) is 0 Å². The molecule has 5 heterocycles. The number of anilines is 3. The monoisotopic (exact) mass is 796 g/mol. The molecule has 57 heavy (non-hydrogen) atoms. The summed E-state index contributed by atoms with van der Waals surface area (Å²) in [4.78, 5) is 33.0. The van der Waals surface area contributed by atoms with E-state index in [2.05, 4.69) is 34.9 Å². The number of ether oxygens (including phenoxy) is 2. The van der Waals surface area contributed by atoms with E-state index >= 15 is 0 Å². The Morgan fingerprint density at radius 3 is 2.46 bits per heavy atom. The van der Waals surface area contributed by atoms with Gasteiger partial charge in [0.25, 0.3) is 6.43 Å². The fraction of sp³-hybridized carbons (Fsp3) is 0.452. The third-order valence-electron chi connectivity index (χ3n) is 9.74. The minimum absolute atomic E-state index is 0. The topological polar surface area (TPSA) is 119 Å². The number of halogens is 2. The molecule has 0 aliphatic carbocycles. The summed E-state index contributed by atoms with van der Waals surface area (Å²) in [5.74, 6) is 1.01. The molecule has 2 aliphatic rings. The van der Waals surface area contributed by atoms with Crippen LogP contribution >= 0.6 is 0 Å². The maximum absolute atomic E-state index is 14.2. The normalized spacial score (nSPS) is 14.3. The first-order valence-electron chi connectivity index (χ1n) is 18.8. The van der Waals surface area contributed by atoms with E-state index in [1.807, 2.05) is 39.6 Å². The maximum Gasteiger partial charge on any atom is 1.00 e. The molecule has 3 aromatic heterocycles. The standard InChI is InChI=1S/C28H29F2N5O2.C12H18N2O3.C2H6.Na/c1-18(20-5-4-11-31-16-20)23-7-6-22(15-24(23)27(29)30)33(3)28-25-17-34(19(2)36)12-8-26(25)35(32-28)21-9-13-37-14-10-21;1-6-14(4)10-7-9(17-13-10)11(8(2)3)12(15)16-5;1-2;/h1,4,6-7,11,15-16,21,27H,8-10,12-14,17H2,2-3H3;7-8,11H,1,4,6H2,2-3,5H3;1-2H3;/q2*-2;;+1. The van der Waals surface area contributed by atoms with Crippen LogP contribution in [0.3, 0.4) is 0 Å². The number of rotatable bonds is 11. The summed E-state index contributed by atoms with van der Waals surface area (Å²) in [5.41, 5.74) is 3.32. The van der Waals surface area contributed by atoms with Gasteiger partial charge in [0.15, 0.2) is 11.6 Å².